The van der Waals surface area contributed by atoms with Crippen LogP contribution in [0.1, 0.15) is 25.5 Å². The number of aromatic amines is 1. The quantitative estimate of drug-likeness (QED) is 0.823. The van der Waals surface area contributed by atoms with Crippen molar-refractivity contribution in [2.75, 3.05) is 5.73 Å². The number of nitrogen functional groups attached to an aromatic ring is 1. The monoisotopic (exact) mass is 215 g/mol. The highest BCUT2D eigenvalue weighted by atomic mass is 15.2. The lowest BCUT2D eigenvalue weighted by Gasteiger charge is -2.03. The Labute approximate surface area is 95.7 Å². The Balaban J connectivity index is 2.35. The molecular weight excluding hydrogens is 198 g/mol. The number of rotatable bonds is 4. The van der Waals surface area contributed by atoms with Gasteiger partial charge in [0.2, 0.25) is 0 Å². The van der Waals surface area contributed by atoms with Crippen molar-refractivity contribution in [2.45, 2.75) is 26.2 Å². The minimum atomic E-state index is 0.595. The number of nitrogens with zero attached hydrogens (tertiary/aromatic N) is 1. The molecule has 0 fully saturated rings. The summed E-state index contributed by atoms with van der Waals surface area (Å²) in [6, 6.07) is 10.2. The molecule has 0 atom stereocenters. The van der Waals surface area contributed by atoms with Crippen LogP contribution in [0.25, 0.3) is 11.1 Å². The van der Waals surface area contributed by atoms with Crippen molar-refractivity contribution in [3.63, 3.8) is 0 Å². The Kier molecular flexibility index (Phi) is 3.25. The highest BCUT2D eigenvalue weighted by Crippen LogP contribution is 2.28. The fourth-order valence-electron chi connectivity index (χ4n) is 1.86. The molecule has 1 heterocycles. The highest BCUT2D eigenvalue weighted by molar-refractivity contribution is 5.76. The van der Waals surface area contributed by atoms with Crippen LogP contribution < -0.4 is 5.73 Å². The molecular formula is C13H17N3. The van der Waals surface area contributed by atoms with Crippen LogP contribution in [-0.2, 0) is 6.42 Å². The van der Waals surface area contributed by atoms with Crippen molar-refractivity contribution >= 4 is 5.82 Å². The number of nitrogens with one attached hydrogen (secondary N) is 1. The van der Waals surface area contributed by atoms with Gasteiger partial charge in [0.05, 0.1) is 0 Å². The summed E-state index contributed by atoms with van der Waals surface area (Å²) < 4.78 is 0. The first-order valence-corrected chi connectivity index (χ1v) is 5.71. The van der Waals surface area contributed by atoms with E-state index < -0.39 is 0 Å². The summed E-state index contributed by atoms with van der Waals surface area (Å²) in [6.45, 7) is 2.18. The maximum Gasteiger partial charge on any atom is 0.153 e. The fourth-order valence-corrected chi connectivity index (χ4v) is 1.86. The topological polar surface area (TPSA) is 54.7 Å². The number of hydrogen-bond donors (Lipinski definition) is 2. The van der Waals surface area contributed by atoms with Crippen LogP contribution in [0.4, 0.5) is 5.82 Å². The van der Waals surface area contributed by atoms with E-state index in [1.807, 2.05) is 18.2 Å². The molecule has 0 aliphatic carbocycles. The molecule has 3 nitrogen and oxygen atoms in total. The van der Waals surface area contributed by atoms with Crippen LogP contribution in [-0.4, -0.2) is 10.2 Å². The predicted octanol–water partition coefficient (Wildman–Crippen LogP) is 3.00. The van der Waals surface area contributed by atoms with Gasteiger partial charge in [-0.1, -0.05) is 43.7 Å². The summed E-state index contributed by atoms with van der Waals surface area (Å²) in [5.74, 6) is 0.595. The van der Waals surface area contributed by atoms with E-state index in [9.17, 15) is 0 Å². The van der Waals surface area contributed by atoms with Crippen molar-refractivity contribution in [2.24, 2.45) is 0 Å². The van der Waals surface area contributed by atoms with Crippen LogP contribution in [0.3, 0.4) is 0 Å². The maximum absolute atomic E-state index is 5.90. The molecule has 16 heavy (non-hydrogen) atoms. The average molecular weight is 215 g/mol. The number of anilines is 1. The molecule has 2 aromatic rings. The zero-order valence-electron chi connectivity index (χ0n) is 9.53. The minimum Gasteiger partial charge on any atom is -0.382 e. The summed E-state index contributed by atoms with van der Waals surface area (Å²) in [5.41, 5.74) is 9.25. The second-order valence-corrected chi connectivity index (χ2v) is 3.93. The van der Waals surface area contributed by atoms with Gasteiger partial charge >= 0.3 is 0 Å². The third-order valence-corrected chi connectivity index (χ3v) is 2.71. The predicted molar refractivity (Wildman–Crippen MR) is 67.0 cm³/mol. The second-order valence-electron chi connectivity index (χ2n) is 3.93. The molecule has 0 unspecified atom stereocenters. The van der Waals surface area contributed by atoms with Crippen molar-refractivity contribution in [3.05, 3.63) is 36.0 Å². The zero-order valence-corrected chi connectivity index (χ0v) is 9.53. The van der Waals surface area contributed by atoms with Gasteiger partial charge in [0.25, 0.3) is 0 Å². The Bertz CT molecular complexity index is 445. The number of unbranched alkanes of at least 4 members (excludes halogenated alkanes) is 1. The molecule has 0 spiro atoms. The number of nitrogens with two attached hydrogens (primary N) is 1. The lowest BCUT2D eigenvalue weighted by atomic mass is 10.0. The lowest BCUT2D eigenvalue weighted by molar-refractivity contribution is 0.773. The normalized spacial score (nSPS) is 10.6. The second kappa shape index (κ2) is 4.84. The molecule has 1 aromatic heterocycles. The van der Waals surface area contributed by atoms with Gasteiger partial charge in [-0.05, 0) is 18.4 Å². The van der Waals surface area contributed by atoms with Crippen molar-refractivity contribution in [1.29, 1.82) is 0 Å². The first-order chi connectivity index (χ1) is 7.83. The largest absolute Gasteiger partial charge is 0.382 e. The smallest absolute Gasteiger partial charge is 0.153 e. The van der Waals surface area contributed by atoms with E-state index in [2.05, 4.69) is 29.3 Å². The number of H-pyrrole nitrogens is 1. The van der Waals surface area contributed by atoms with Crippen molar-refractivity contribution in [3.8, 4) is 11.1 Å². The van der Waals surface area contributed by atoms with Gasteiger partial charge in [-0.15, -0.1) is 0 Å². The van der Waals surface area contributed by atoms with Crippen LogP contribution in [0.2, 0.25) is 0 Å². The van der Waals surface area contributed by atoms with E-state index in [-0.39, 0.29) is 0 Å². The van der Waals surface area contributed by atoms with Crippen molar-refractivity contribution < 1.29 is 0 Å². The Morgan fingerprint density at radius 2 is 2.00 bits per heavy atom. The van der Waals surface area contributed by atoms with E-state index in [0.717, 1.165) is 29.7 Å². The summed E-state index contributed by atoms with van der Waals surface area (Å²) in [5, 5.41) is 7.13. The zero-order chi connectivity index (χ0) is 11.4. The first-order valence-electron chi connectivity index (χ1n) is 5.71. The Morgan fingerprint density at radius 1 is 1.25 bits per heavy atom. The van der Waals surface area contributed by atoms with Crippen LogP contribution in [0, 0.1) is 0 Å². The summed E-state index contributed by atoms with van der Waals surface area (Å²) in [7, 11) is 0. The molecule has 0 aliphatic heterocycles. The minimum absolute atomic E-state index is 0.595. The van der Waals surface area contributed by atoms with Crippen LogP contribution >= 0.6 is 0 Å². The Hall–Kier alpha value is -1.77. The molecule has 0 aliphatic rings. The van der Waals surface area contributed by atoms with Crippen LogP contribution in [0.15, 0.2) is 30.3 Å². The number of benzene rings is 1. The van der Waals surface area contributed by atoms with E-state index in [4.69, 9.17) is 5.73 Å². The molecule has 3 N–H and O–H groups in total. The third-order valence-electron chi connectivity index (χ3n) is 2.71. The number of hydrogen-bond acceptors (Lipinski definition) is 2. The Morgan fingerprint density at radius 3 is 2.69 bits per heavy atom. The maximum atomic E-state index is 5.90. The molecule has 0 saturated heterocycles. The molecule has 84 valence electrons. The van der Waals surface area contributed by atoms with Crippen LogP contribution in [0.5, 0.6) is 0 Å². The van der Waals surface area contributed by atoms with Crippen molar-refractivity contribution in [1.82, 2.24) is 10.2 Å². The van der Waals surface area contributed by atoms with Gasteiger partial charge in [0.1, 0.15) is 0 Å². The molecule has 0 bridgehead atoms. The van der Waals surface area contributed by atoms with Gasteiger partial charge in [0, 0.05) is 11.3 Å². The van der Waals surface area contributed by atoms with E-state index in [1.165, 1.54) is 6.42 Å². The van der Waals surface area contributed by atoms with Gasteiger partial charge in [-0.3, -0.25) is 5.10 Å². The molecule has 0 radical (unpaired) electrons. The van der Waals surface area contributed by atoms with E-state index >= 15 is 0 Å². The molecule has 2 rings (SSSR count). The molecule has 0 saturated carbocycles. The lowest BCUT2D eigenvalue weighted by Crippen LogP contribution is -1.91. The molecule has 0 amide bonds. The molecule has 1 aromatic carbocycles. The van der Waals surface area contributed by atoms with Gasteiger partial charge < -0.3 is 5.73 Å². The first kappa shape index (κ1) is 10.7. The number of aryl methyl sites for hydroxylation is 1. The van der Waals surface area contributed by atoms with E-state index in [0.29, 0.717) is 5.82 Å². The van der Waals surface area contributed by atoms with Gasteiger partial charge in [0.15, 0.2) is 5.82 Å². The third kappa shape index (κ3) is 2.08. The van der Waals surface area contributed by atoms with Gasteiger partial charge in [-0.25, -0.2) is 0 Å². The number of aromatic nitrogens is 2. The highest BCUT2D eigenvalue weighted by Gasteiger charge is 2.11. The van der Waals surface area contributed by atoms with E-state index in [1.54, 1.807) is 0 Å². The molecule has 3 heteroatoms. The SMILES string of the molecule is CCCCc1[nH]nc(N)c1-c1ccccc1. The van der Waals surface area contributed by atoms with Gasteiger partial charge in [-0.2, -0.15) is 5.10 Å². The standard InChI is InChI=1S/C13H17N3/c1-2-3-9-11-12(13(14)16-15-11)10-7-5-4-6-8-10/h4-8H,2-3,9H2,1H3,(H3,14,15,16). The average Bonchev–Trinajstić information content (AvgIpc) is 2.69. The summed E-state index contributed by atoms with van der Waals surface area (Å²) in [4.78, 5) is 0. The summed E-state index contributed by atoms with van der Waals surface area (Å²) >= 11 is 0. The summed E-state index contributed by atoms with van der Waals surface area (Å²) in [6.07, 6.45) is 3.33. The fraction of sp³-hybridized carbons (Fsp3) is 0.308.